The number of nitrogens with one attached hydrogen (secondary N) is 1. The first-order valence-corrected chi connectivity index (χ1v) is 11.6. The Morgan fingerprint density at radius 1 is 1.07 bits per heavy atom. The average molecular weight is 414 g/mol. The maximum Gasteiger partial charge on any atom is 0.243 e. The average Bonchev–Trinajstić information content (AvgIpc) is 3.04. The number of sulfonamides is 1. The molecule has 4 rings (SSSR count). The second-order valence-electron chi connectivity index (χ2n) is 7.85. The molecule has 29 heavy (non-hydrogen) atoms. The monoisotopic (exact) mass is 413 g/mol. The van der Waals surface area contributed by atoms with E-state index in [2.05, 4.69) is 23.2 Å². The predicted octanol–water partition coefficient (Wildman–Crippen LogP) is 3.25. The van der Waals surface area contributed by atoms with E-state index in [1.165, 1.54) is 5.56 Å². The number of hydrogen-bond donors (Lipinski definition) is 1. The maximum absolute atomic E-state index is 12.9. The summed E-state index contributed by atoms with van der Waals surface area (Å²) in [6.45, 7) is 3.47. The molecule has 2 aliphatic rings. The predicted molar refractivity (Wildman–Crippen MR) is 115 cm³/mol. The van der Waals surface area contributed by atoms with E-state index in [1.807, 2.05) is 18.2 Å². The van der Waals surface area contributed by atoms with Crippen LogP contribution < -0.4 is 10.2 Å². The number of nitrogens with zero attached hydrogens (tertiary/aromatic N) is 2. The van der Waals surface area contributed by atoms with Crippen molar-refractivity contribution in [3.05, 3.63) is 54.1 Å². The molecule has 6 nitrogen and oxygen atoms in total. The number of para-hydroxylation sites is 1. The first-order chi connectivity index (χ1) is 13.9. The van der Waals surface area contributed by atoms with Crippen LogP contribution in [0.3, 0.4) is 0 Å². The van der Waals surface area contributed by atoms with Crippen LogP contribution in [0.1, 0.15) is 31.7 Å². The SMILES string of the molecule is C[C@H]1Cc2ccccc2N1CC(=O)Nc1cccc(S(=O)(=O)N2CCCCC2)c1. The second kappa shape index (κ2) is 8.16. The van der Waals surface area contributed by atoms with Crippen molar-refractivity contribution in [1.29, 1.82) is 0 Å². The summed E-state index contributed by atoms with van der Waals surface area (Å²) in [7, 11) is -3.52. The first kappa shape index (κ1) is 19.9. The molecule has 1 saturated heterocycles. The number of piperidine rings is 1. The van der Waals surface area contributed by atoms with Gasteiger partial charge >= 0.3 is 0 Å². The molecule has 0 unspecified atom stereocenters. The van der Waals surface area contributed by atoms with Gasteiger partial charge in [0.15, 0.2) is 0 Å². The highest BCUT2D eigenvalue weighted by atomic mass is 32.2. The van der Waals surface area contributed by atoms with E-state index in [-0.39, 0.29) is 23.4 Å². The van der Waals surface area contributed by atoms with Crippen LogP contribution in [0, 0.1) is 0 Å². The smallest absolute Gasteiger partial charge is 0.243 e. The Morgan fingerprint density at radius 3 is 2.62 bits per heavy atom. The Morgan fingerprint density at radius 2 is 1.83 bits per heavy atom. The number of anilines is 2. The van der Waals surface area contributed by atoms with Gasteiger partial charge in [0.1, 0.15) is 0 Å². The molecule has 7 heteroatoms. The van der Waals surface area contributed by atoms with Crippen molar-refractivity contribution in [2.45, 2.75) is 43.5 Å². The summed E-state index contributed by atoms with van der Waals surface area (Å²) in [5, 5.41) is 2.87. The lowest BCUT2D eigenvalue weighted by molar-refractivity contribution is -0.115. The van der Waals surface area contributed by atoms with Gasteiger partial charge in [-0.1, -0.05) is 30.7 Å². The third-order valence-corrected chi connectivity index (χ3v) is 7.63. The fraction of sp³-hybridized carbons (Fsp3) is 0.409. The van der Waals surface area contributed by atoms with Crippen LogP contribution in [-0.4, -0.2) is 44.3 Å². The van der Waals surface area contributed by atoms with Gasteiger partial charge in [-0.05, 0) is 56.0 Å². The quantitative estimate of drug-likeness (QED) is 0.817. The lowest BCUT2D eigenvalue weighted by Gasteiger charge is -2.26. The summed E-state index contributed by atoms with van der Waals surface area (Å²) in [6.07, 6.45) is 3.78. The number of carbonyl (C=O) groups is 1. The third-order valence-electron chi connectivity index (χ3n) is 5.73. The van der Waals surface area contributed by atoms with E-state index >= 15 is 0 Å². The van der Waals surface area contributed by atoms with Crippen LogP contribution >= 0.6 is 0 Å². The van der Waals surface area contributed by atoms with Crippen LogP contribution in [0.5, 0.6) is 0 Å². The molecule has 1 atom stereocenters. The van der Waals surface area contributed by atoms with Gasteiger partial charge in [0.05, 0.1) is 11.4 Å². The molecule has 0 aliphatic carbocycles. The van der Waals surface area contributed by atoms with Crippen molar-refractivity contribution in [2.75, 3.05) is 29.9 Å². The van der Waals surface area contributed by atoms with Crippen LogP contribution in [0.2, 0.25) is 0 Å². The van der Waals surface area contributed by atoms with Gasteiger partial charge in [-0.25, -0.2) is 8.42 Å². The van der Waals surface area contributed by atoms with Gasteiger partial charge < -0.3 is 10.2 Å². The molecule has 0 aromatic heterocycles. The molecule has 2 aromatic carbocycles. The number of amides is 1. The third kappa shape index (κ3) is 4.16. The number of carbonyl (C=O) groups excluding carboxylic acids is 1. The van der Waals surface area contributed by atoms with E-state index in [4.69, 9.17) is 0 Å². The van der Waals surface area contributed by atoms with Gasteiger partial charge in [0.2, 0.25) is 15.9 Å². The molecule has 0 bridgehead atoms. The Bertz CT molecular complexity index is 1000. The standard InChI is InChI=1S/C22H27N3O3S/c1-17-14-18-8-3-4-11-21(18)25(17)16-22(26)23-19-9-7-10-20(15-19)29(27,28)24-12-5-2-6-13-24/h3-4,7-11,15,17H,2,5-6,12-14,16H2,1H3,(H,23,26)/t17-/m0/s1. The minimum atomic E-state index is -3.52. The van der Waals surface area contributed by atoms with Crippen LogP contribution in [0.4, 0.5) is 11.4 Å². The van der Waals surface area contributed by atoms with E-state index in [9.17, 15) is 13.2 Å². The molecule has 2 aromatic rings. The molecule has 1 amide bonds. The van der Waals surface area contributed by atoms with Crippen molar-refractivity contribution < 1.29 is 13.2 Å². The first-order valence-electron chi connectivity index (χ1n) is 10.2. The zero-order valence-electron chi connectivity index (χ0n) is 16.7. The summed E-state index contributed by atoms with van der Waals surface area (Å²) < 4.78 is 27.3. The van der Waals surface area contributed by atoms with Crippen LogP contribution in [0.15, 0.2) is 53.4 Å². The van der Waals surface area contributed by atoms with Gasteiger partial charge in [0.25, 0.3) is 0 Å². The molecule has 0 radical (unpaired) electrons. The largest absolute Gasteiger partial charge is 0.359 e. The van der Waals surface area contributed by atoms with Gasteiger partial charge in [-0.2, -0.15) is 4.31 Å². The Kier molecular flexibility index (Phi) is 5.61. The minimum absolute atomic E-state index is 0.152. The zero-order valence-corrected chi connectivity index (χ0v) is 17.5. The molecule has 154 valence electrons. The number of rotatable bonds is 5. The van der Waals surface area contributed by atoms with Crippen molar-refractivity contribution >= 4 is 27.3 Å². The van der Waals surface area contributed by atoms with Crippen molar-refractivity contribution in [3.8, 4) is 0 Å². The molecule has 2 heterocycles. The van der Waals surface area contributed by atoms with Crippen molar-refractivity contribution in [3.63, 3.8) is 0 Å². The van der Waals surface area contributed by atoms with E-state index < -0.39 is 10.0 Å². The molecule has 0 spiro atoms. The molecule has 1 N–H and O–H groups in total. The molecule has 2 aliphatic heterocycles. The Balaban J connectivity index is 1.46. The van der Waals surface area contributed by atoms with Crippen LogP contribution in [-0.2, 0) is 21.2 Å². The van der Waals surface area contributed by atoms with Crippen molar-refractivity contribution in [1.82, 2.24) is 4.31 Å². The van der Waals surface area contributed by atoms with E-state index in [0.717, 1.165) is 31.4 Å². The van der Waals surface area contributed by atoms with E-state index in [0.29, 0.717) is 18.8 Å². The maximum atomic E-state index is 12.9. The van der Waals surface area contributed by atoms with Crippen LogP contribution in [0.25, 0.3) is 0 Å². The number of benzene rings is 2. The van der Waals surface area contributed by atoms with Gasteiger partial charge in [-0.3, -0.25) is 4.79 Å². The summed E-state index contributed by atoms with van der Waals surface area (Å²) in [5.41, 5.74) is 2.85. The molecular weight excluding hydrogens is 386 g/mol. The Hall–Kier alpha value is -2.38. The minimum Gasteiger partial charge on any atom is -0.359 e. The summed E-state index contributed by atoms with van der Waals surface area (Å²) in [5.74, 6) is -0.152. The lowest BCUT2D eigenvalue weighted by atomic mass is 10.1. The molecule has 1 fully saturated rings. The fourth-order valence-electron chi connectivity index (χ4n) is 4.21. The van der Waals surface area contributed by atoms with E-state index in [1.54, 1.807) is 28.6 Å². The summed E-state index contributed by atoms with van der Waals surface area (Å²) in [4.78, 5) is 15.0. The van der Waals surface area contributed by atoms with Gasteiger partial charge in [0, 0.05) is 30.5 Å². The molecule has 0 saturated carbocycles. The number of fused-ring (bicyclic) bond motifs is 1. The normalized spacial score (nSPS) is 19.8. The topological polar surface area (TPSA) is 69.7 Å². The highest BCUT2D eigenvalue weighted by Gasteiger charge is 2.28. The lowest BCUT2D eigenvalue weighted by Crippen LogP contribution is -2.37. The fourth-order valence-corrected chi connectivity index (χ4v) is 5.78. The van der Waals surface area contributed by atoms with Crippen molar-refractivity contribution in [2.24, 2.45) is 0 Å². The second-order valence-corrected chi connectivity index (χ2v) is 9.79. The summed E-state index contributed by atoms with van der Waals surface area (Å²) in [6, 6.07) is 15.0. The highest BCUT2D eigenvalue weighted by molar-refractivity contribution is 7.89. The number of hydrogen-bond acceptors (Lipinski definition) is 4. The zero-order chi connectivity index (χ0) is 20.4. The highest BCUT2D eigenvalue weighted by Crippen LogP contribution is 2.31. The molecular formula is C22H27N3O3S. The Labute approximate surface area is 172 Å². The van der Waals surface area contributed by atoms with Gasteiger partial charge in [-0.15, -0.1) is 0 Å². The summed E-state index contributed by atoms with van der Waals surface area (Å²) >= 11 is 0.